The van der Waals surface area contributed by atoms with E-state index in [4.69, 9.17) is 4.74 Å². The van der Waals surface area contributed by atoms with E-state index in [1.807, 2.05) is 37.3 Å². The Morgan fingerprint density at radius 3 is 2.62 bits per heavy atom. The van der Waals surface area contributed by atoms with Crippen molar-refractivity contribution in [1.29, 1.82) is 0 Å². The second-order valence-corrected chi connectivity index (χ2v) is 5.13. The molecule has 112 valence electrons. The third-order valence-corrected chi connectivity index (χ3v) is 3.60. The summed E-state index contributed by atoms with van der Waals surface area (Å²) in [7, 11) is 1.66. The highest BCUT2D eigenvalue weighted by Crippen LogP contribution is 2.31. The van der Waals surface area contributed by atoms with Crippen LogP contribution in [-0.4, -0.2) is 13.7 Å². The number of ether oxygens (including phenoxy) is 1. The van der Waals surface area contributed by atoms with E-state index in [-0.39, 0.29) is 11.9 Å². The average molecular weight is 287 g/mol. The molecule has 0 fully saturated rings. The second kappa shape index (κ2) is 7.23. The molecule has 0 amide bonds. The molecule has 0 heterocycles. The number of para-hydroxylation sites is 1. The fraction of sp³-hybridized carbons (Fsp3) is 0.333. The highest BCUT2D eigenvalue weighted by atomic mass is 19.1. The molecule has 0 aliphatic carbocycles. The molecule has 3 heteroatoms. The van der Waals surface area contributed by atoms with Crippen molar-refractivity contribution in [1.82, 2.24) is 5.32 Å². The highest BCUT2D eigenvalue weighted by Gasteiger charge is 2.19. The van der Waals surface area contributed by atoms with Crippen LogP contribution in [0.3, 0.4) is 0 Å². The van der Waals surface area contributed by atoms with E-state index < -0.39 is 0 Å². The molecule has 0 bridgehead atoms. The lowest BCUT2D eigenvalue weighted by Gasteiger charge is -2.23. The number of hydrogen-bond acceptors (Lipinski definition) is 2. The fourth-order valence-corrected chi connectivity index (χ4v) is 2.50. The van der Waals surface area contributed by atoms with Gasteiger partial charge in [-0.25, -0.2) is 4.39 Å². The van der Waals surface area contributed by atoms with Crippen molar-refractivity contribution in [2.24, 2.45) is 0 Å². The number of hydrogen-bond donors (Lipinski definition) is 1. The fourth-order valence-electron chi connectivity index (χ4n) is 2.50. The minimum Gasteiger partial charge on any atom is -0.496 e. The first kappa shape index (κ1) is 15.5. The van der Waals surface area contributed by atoms with Crippen LogP contribution in [-0.2, 0) is 0 Å². The molecule has 2 nitrogen and oxygen atoms in total. The number of nitrogens with one attached hydrogen (secondary N) is 1. The lowest BCUT2D eigenvalue weighted by Crippen LogP contribution is -2.24. The summed E-state index contributed by atoms with van der Waals surface area (Å²) < 4.78 is 19.1. The number of methoxy groups -OCH3 is 1. The van der Waals surface area contributed by atoms with Gasteiger partial charge in [0.15, 0.2) is 0 Å². The third-order valence-electron chi connectivity index (χ3n) is 3.60. The smallest absolute Gasteiger partial charge is 0.123 e. The molecule has 0 aromatic heterocycles. The first-order valence-corrected chi connectivity index (χ1v) is 7.29. The van der Waals surface area contributed by atoms with Crippen molar-refractivity contribution >= 4 is 0 Å². The molecule has 0 spiro atoms. The van der Waals surface area contributed by atoms with Crippen molar-refractivity contribution in [3.05, 3.63) is 65.0 Å². The largest absolute Gasteiger partial charge is 0.496 e. The van der Waals surface area contributed by atoms with Gasteiger partial charge in [0, 0.05) is 5.56 Å². The lowest BCUT2D eigenvalue weighted by molar-refractivity contribution is 0.403. The van der Waals surface area contributed by atoms with E-state index in [1.165, 1.54) is 6.07 Å². The first-order valence-electron chi connectivity index (χ1n) is 7.29. The third kappa shape index (κ3) is 3.61. The van der Waals surface area contributed by atoms with Gasteiger partial charge in [-0.05, 0) is 49.2 Å². The summed E-state index contributed by atoms with van der Waals surface area (Å²) in [6.07, 6.45) is 1.01. The van der Waals surface area contributed by atoms with Gasteiger partial charge in [-0.15, -0.1) is 0 Å². The van der Waals surface area contributed by atoms with Gasteiger partial charge in [0.25, 0.3) is 0 Å². The van der Waals surface area contributed by atoms with Crippen molar-refractivity contribution in [3.8, 4) is 5.75 Å². The topological polar surface area (TPSA) is 21.3 Å². The summed E-state index contributed by atoms with van der Waals surface area (Å²) in [5.74, 6) is 0.601. The molecule has 1 unspecified atom stereocenters. The van der Waals surface area contributed by atoms with Crippen molar-refractivity contribution in [2.45, 2.75) is 26.3 Å². The molecule has 21 heavy (non-hydrogen) atoms. The molecular formula is C18H22FNO. The van der Waals surface area contributed by atoms with Crippen molar-refractivity contribution in [2.75, 3.05) is 13.7 Å². The molecule has 2 rings (SSSR count). The quantitative estimate of drug-likeness (QED) is 0.858. The molecule has 2 aromatic carbocycles. The number of rotatable bonds is 6. The van der Waals surface area contributed by atoms with E-state index in [2.05, 4.69) is 12.2 Å². The summed E-state index contributed by atoms with van der Waals surface area (Å²) in [6, 6.07) is 12.7. The van der Waals surface area contributed by atoms with Gasteiger partial charge in [0.2, 0.25) is 0 Å². The minimum absolute atomic E-state index is 0.0724. The van der Waals surface area contributed by atoms with Crippen LogP contribution < -0.4 is 10.1 Å². The van der Waals surface area contributed by atoms with Crippen LogP contribution in [0.4, 0.5) is 4.39 Å². The van der Waals surface area contributed by atoms with Crippen LogP contribution in [0.15, 0.2) is 42.5 Å². The Balaban J connectivity index is 2.49. The van der Waals surface area contributed by atoms with Crippen LogP contribution in [0.1, 0.15) is 36.1 Å². The SMILES string of the molecule is CCCNC(c1cc(F)ccc1C)c1ccccc1OC. The summed E-state index contributed by atoms with van der Waals surface area (Å²) in [6.45, 7) is 4.98. The molecule has 0 aliphatic heterocycles. The zero-order chi connectivity index (χ0) is 15.2. The molecule has 0 saturated carbocycles. The number of benzene rings is 2. The maximum Gasteiger partial charge on any atom is 0.123 e. The van der Waals surface area contributed by atoms with E-state index in [0.29, 0.717) is 0 Å². The Bertz CT molecular complexity index is 598. The Morgan fingerprint density at radius 2 is 1.90 bits per heavy atom. The van der Waals surface area contributed by atoms with E-state index in [9.17, 15) is 4.39 Å². The maximum atomic E-state index is 13.7. The molecule has 0 aliphatic rings. The monoisotopic (exact) mass is 287 g/mol. The number of aryl methyl sites for hydroxylation is 1. The normalized spacial score (nSPS) is 12.2. The molecular weight excluding hydrogens is 265 g/mol. The van der Waals surface area contributed by atoms with Gasteiger partial charge in [-0.3, -0.25) is 0 Å². The summed E-state index contributed by atoms with van der Waals surface area (Å²) >= 11 is 0. The van der Waals surface area contributed by atoms with Crippen LogP contribution in [0.2, 0.25) is 0 Å². The van der Waals surface area contributed by atoms with E-state index >= 15 is 0 Å². The predicted octanol–water partition coefficient (Wildman–Crippen LogP) is 4.23. The first-order chi connectivity index (χ1) is 10.2. The lowest BCUT2D eigenvalue weighted by atomic mass is 9.94. The molecule has 1 atom stereocenters. The predicted molar refractivity (Wildman–Crippen MR) is 84.3 cm³/mol. The Morgan fingerprint density at radius 1 is 1.14 bits per heavy atom. The van der Waals surface area contributed by atoms with Crippen LogP contribution in [0.25, 0.3) is 0 Å². The summed E-state index contributed by atoms with van der Waals surface area (Å²) in [5.41, 5.74) is 3.05. The standard InChI is InChI=1S/C18H22FNO/c1-4-11-20-18(15-7-5-6-8-17(15)21-3)16-12-14(19)10-9-13(16)2/h5-10,12,18,20H,4,11H2,1-3H3. The Hall–Kier alpha value is -1.87. The van der Waals surface area contributed by atoms with Crippen LogP contribution in [0, 0.1) is 12.7 Å². The minimum atomic E-state index is -0.214. The average Bonchev–Trinajstić information content (AvgIpc) is 2.51. The zero-order valence-corrected chi connectivity index (χ0v) is 12.8. The van der Waals surface area contributed by atoms with Crippen LogP contribution in [0.5, 0.6) is 5.75 Å². The van der Waals surface area contributed by atoms with Gasteiger partial charge in [-0.2, -0.15) is 0 Å². The number of halogens is 1. The van der Waals surface area contributed by atoms with Gasteiger partial charge in [-0.1, -0.05) is 31.2 Å². The van der Waals surface area contributed by atoms with Gasteiger partial charge < -0.3 is 10.1 Å². The van der Waals surface area contributed by atoms with E-state index in [0.717, 1.165) is 35.4 Å². The zero-order valence-electron chi connectivity index (χ0n) is 12.8. The maximum absolute atomic E-state index is 13.7. The molecule has 2 aromatic rings. The molecule has 0 radical (unpaired) electrons. The molecule has 0 saturated heterocycles. The van der Waals surface area contributed by atoms with Crippen molar-refractivity contribution in [3.63, 3.8) is 0 Å². The van der Waals surface area contributed by atoms with Gasteiger partial charge in [0.1, 0.15) is 11.6 Å². The summed E-state index contributed by atoms with van der Waals surface area (Å²) in [5, 5.41) is 3.50. The second-order valence-electron chi connectivity index (χ2n) is 5.13. The Labute approximate surface area is 126 Å². The van der Waals surface area contributed by atoms with Gasteiger partial charge >= 0.3 is 0 Å². The van der Waals surface area contributed by atoms with Crippen molar-refractivity contribution < 1.29 is 9.13 Å². The Kier molecular flexibility index (Phi) is 5.34. The molecule has 1 N–H and O–H groups in total. The summed E-state index contributed by atoms with van der Waals surface area (Å²) in [4.78, 5) is 0. The highest BCUT2D eigenvalue weighted by molar-refractivity contribution is 5.44. The van der Waals surface area contributed by atoms with Crippen LogP contribution >= 0.6 is 0 Å². The van der Waals surface area contributed by atoms with E-state index in [1.54, 1.807) is 13.2 Å². The van der Waals surface area contributed by atoms with Gasteiger partial charge in [0.05, 0.1) is 13.2 Å².